The molecule has 0 spiro atoms. The first kappa shape index (κ1) is 7.20. The fraction of sp³-hybridized carbons (Fsp3) is 1.00. The Bertz CT molecular complexity index is 108. The number of rotatable bonds is 2. The van der Waals surface area contributed by atoms with Crippen molar-refractivity contribution < 1.29 is 4.74 Å². The van der Waals surface area contributed by atoms with E-state index in [9.17, 15) is 0 Å². The van der Waals surface area contributed by atoms with E-state index in [0.717, 1.165) is 26.0 Å². The van der Waals surface area contributed by atoms with Crippen molar-refractivity contribution in [2.24, 2.45) is 5.41 Å². The molecule has 1 aliphatic heterocycles. The third-order valence-corrected chi connectivity index (χ3v) is 1.91. The summed E-state index contributed by atoms with van der Waals surface area (Å²) < 4.78 is 5.24. The summed E-state index contributed by atoms with van der Waals surface area (Å²) in [4.78, 5) is 0. The van der Waals surface area contributed by atoms with Crippen LogP contribution in [0.1, 0.15) is 13.3 Å². The Morgan fingerprint density at radius 1 is 1.78 bits per heavy atom. The molecule has 1 heterocycles. The van der Waals surface area contributed by atoms with E-state index in [-0.39, 0.29) is 0 Å². The average molecular weight is 121 g/mol. The Morgan fingerprint density at radius 2 is 2.56 bits per heavy atom. The van der Waals surface area contributed by atoms with Crippen LogP contribution in [0.5, 0.6) is 0 Å². The molecule has 0 saturated carbocycles. The van der Waals surface area contributed by atoms with Gasteiger partial charge in [-0.2, -0.15) is 0 Å². The molecule has 0 amide bonds. The predicted molar refractivity (Wildman–Crippen MR) is 39.9 cm³/mol. The number of ether oxygens (including phenoxy) is 1. The molecule has 0 aromatic rings. The molecule has 1 rings (SSSR count). The second-order valence-electron chi connectivity index (χ2n) is 3.05. The van der Waals surface area contributed by atoms with E-state index in [4.69, 9.17) is 12.1 Å². The minimum absolute atomic E-state index is 0.342. The van der Waals surface area contributed by atoms with Gasteiger partial charge in [0.05, 0.1) is 0 Å². The summed E-state index contributed by atoms with van der Waals surface area (Å²) in [5, 5.41) is 0. The molecular formula is C6H11B2O. The second-order valence-corrected chi connectivity index (χ2v) is 3.05. The maximum atomic E-state index is 5.31. The molecule has 1 unspecified atom stereocenters. The van der Waals surface area contributed by atoms with E-state index in [2.05, 4.69) is 6.92 Å². The Labute approximate surface area is 58.1 Å². The molecule has 0 bridgehead atoms. The Morgan fingerprint density at radius 3 is 3.00 bits per heavy atom. The molecule has 3 heteroatoms. The standard InChI is InChI=1S/C6H11B2O/c1-6(4-8-7)2-3-9-5-6/h2-5H2,1H3. The van der Waals surface area contributed by atoms with Crippen molar-refractivity contribution in [1.82, 2.24) is 0 Å². The van der Waals surface area contributed by atoms with E-state index >= 15 is 0 Å². The molecule has 1 atom stereocenters. The van der Waals surface area contributed by atoms with Gasteiger partial charge < -0.3 is 0 Å². The van der Waals surface area contributed by atoms with Crippen LogP contribution in [0.2, 0.25) is 6.32 Å². The van der Waals surface area contributed by atoms with E-state index in [0.29, 0.717) is 5.41 Å². The van der Waals surface area contributed by atoms with E-state index in [1.165, 1.54) is 0 Å². The van der Waals surface area contributed by atoms with Gasteiger partial charge in [0.15, 0.2) is 0 Å². The van der Waals surface area contributed by atoms with Crippen LogP contribution >= 0.6 is 0 Å². The molecule has 0 aromatic heterocycles. The molecule has 0 N–H and O–H groups in total. The van der Waals surface area contributed by atoms with Crippen LogP contribution in [-0.2, 0) is 4.74 Å². The van der Waals surface area contributed by atoms with Gasteiger partial charge in [0.25, 0.3) is 0 Å². The van der Waals surface area contributed by atoms with Gasteiger partial charge in [0, 0.05) is 0 Å². The van der Waals surface area contributed by atoms with Crippen LogP contribution in [-0.4, -0.2) is 27.4 Å². The molecular weight excluding hydrogens is 110 g/mol. The third kappa shape index (κ3) is 1.75. The fourth-order valence-electron chi connectivity index (χ4n) is 1.15. The quantitative estimate of drug-likeness (QED) is 0.486. The van der Waals surface area contributed by atoms with Crippen molar-refractivity contribution in [2.75, 3.05) is 13.2 Å². The summed E-state index contributed by atoms with van der Waals surface area (Å²) in [6.45, 7) is 5.73. The van der Waals surface area contributed by atoms with Crippen LogP contribution in [0.15, 0.2) is 0 Å². The first-order chi connectivity index (χ1) is 4.27. The summed E-state index contributed by atoms with van der Waals surface area (Å²) in [6, 6.07) is 0. The van der Waals surface area contributed by atoms with Crippen LogP contribution in [0.25, 0.3) is 0 Å². The monoisotopic (exact) mass is 121 g/mol. The van der Waals surface area contributed by atoms with Gasteiger partial charge in [0.1, 0.15) is 0 Å². The zero-order chi connectivity index (χ0) is 6.74. The van der Waals surface area contributed by atoms with Crippen molar-refractivity contribution >= 4 is 14.2 Å². The molecule has 1 nitrogen and oxygen atoms in total. The normalized spacial score (nSPS) is 34.2. The molecule has 1 aliphatic rings. The van der Waals surface area contributed by atoms with Gasteiger partial charge in [-0.1, -0.05) is 0 Å². The molecule has 0 aromatic carbocycles. The van der Waals surface area contributed by atoms with Crippen molar-refractivity contribution in [3.8, 4) is 0 Å². The first-order valence-corrected chi connectivity index (χ1v) is 3.38. The zero-order valence-corrected chi connectivity index (χ0v) is 5.89. The van der Waals surface area contributed by atoms with Gasteiger partial charge in [-0.25, -0.2) is 0 Å². The Kier molecular flexibility index (Phi) is 2.23. The average Bonchev–Trinajstić information content (AvgIpc) is 2.16. The molecule has 1 saturated heterocycles. The minimum atomic E-state index is 0.342. The predicted octanol–water partition coefficient (Wildman–Crippen LogP) is 0.619. The molecule has 1 fully saturated rings. The topological polar surface area (TPSA) is 9.23 Å². The summed E-state index contributed by atoms with van der Waals surface area (Å²) in [7, 11) is 5.31. The summed E-state index contributed by atoms with van der Waals surface area (Å²) in [5.41, 5.74) is 0.342. The van der Waals surface area contributed by atoms with Crippen LogP contribution in [0, 0.1) is 5.41 Å². The second kappa shape index (κ2) is 2.78. The molecule has 47 valence electrons. The number of hydrogen-bond acceptors (Lipinski definition) is 1. The van der Waals surface area contributed by atoms with E-state index in [1.54, 1.807) is 6.80 Å². The fourth-order valence-corrected chi connectivity index (χ4v) is 1.15. The zero-order valence-electron chi connectivity index (χ0n) is 5.89. The van der Waals surface area contributed by atoms with Crippen LogP contribution < -0.4 is 0 Å². The Hall–Kier alpha value is 0.0899. The van der Waals surface area contributed by atoms with Crippen LogP contribution in [0.4, 0.5) is 0 Å². The first-order valence-electron chi connectivity index (χ1n) is 3.38. The van der Waals surface area contributed by atoms with Gasteiger partial charge in [-0.15, -0.1) is 0 Å². The van der Waals surface area contributed by atoms with Gasteiger partial charge in [0.2, 0.25) is 0 Å². The Balaban J connectivity index is 2.40. The van der Waals surface area contributed by atoms with Gasteiger partial charge in [-0.3, -0.25) is 0 Å². The summed E-state index contributed by atoms with van der Waals surface area (Å²) in [6.07, 6.45) is 2.13. The molecule has 0 aliphatic carbocycles. The SMILES string of the molecule is [B]=BCC1(C)CCOC1. The van der Waals surface area contributed by atoms with Gasteiger partial charge >= 0.3 is 57.2 Å². The van der Waals surface area contributed by atoms with Gasteiger partial charge in [-0.05, 0) is 0 Å². The van der Waals surface area contributed by atoms with Crippen molar-refractivity contribution in [2.45, 2.75) is 19.7 Å². The molecule has 9 heavy (non-hydrogen) atoms. The molecule has 1 radical (unpaired) electrons. The van der Waals surface area contributed by atoms with E-state index in [1.807, 2.05) is 0 Å². The van der Waals surface area contributed by atoms with Crippen molar-refractivity contribution in [3.05, 3.63) is 0 Å². The maximum absolute atomic E-state index is 5.31. The number of hydrogen-bond donors (Lipinski definition) is 0. The van der Waals surface area contributed by atoms with Crippen molar-refractivity contribution in [1.29, 1.82) is 0 Å². The van der Waals surface area contributed by atoms with Crippen LogP contribution in [0.3, 0.4) is 0 Å². The third-order valence-electron chi connectivity index (χ3n) is 1.91. The van der Waals surface area contributed by atoms with E-state index < -0.39 is 0 Å². The summed E-state index contributed by atoms with van der Waals surface area (Å²) >= 11 is 0. The summed E-state index contributed by atoms with van der Waals surface area (Å²) in [5.74, 6) is 0. The van der Waals surface area contributed by atoms with Crippen molar-refractivity contribution in [3.63, 3.8) is 0 Å².